The lowest BCUT2D eigenvalue weighted by Crippen LogP contribution is -2.18. The van der Waals surface area contributed by atoms with Gasteiger partial charge in [0.15, 0.2) is 34.7 Å². The molecule has 0 amide bonds. The second-order valence-electron chi connectivity index (χ2n) is 35.8. The molecule has 10 unspecified atom stereocenters. The van der Waals surface area contributed by atoms with Gasteiger partial charge in [0, 0.05) is 38.5 Å². The summed E-state index contributed by atoms with van der Waals surface area (Å²) < 4.78 is 0. The number of rotatable bonds is 32. The number of aliphatic hydroxyl groups excluding tert-OH is 2. The van der Waals surface area contributed by atoms with E-state index in [0.717, 1.165) is 121 Å². The van der Waals surface area contributed by atoms with Crippen LogP contribution in [-0.4, -0.2) is 57.1 Å². The smallest absolute Gasteiger partial charge is 0.155 e. The quantitative estimate of drug-likeness (QED) is 0.0501. The topological polar surface area (TPSA) is 143 Å². The number of hydrogen-bond acceptors (Lipinski definition) is 8. The Hall–Kier alpha value is -4.40. The fourth-order valence-corrected chi connectivity index (χ4v) is 17.6. The summed E-state index contributed by atoms with van der Waals surface area (Å²) in [6, 6.07) is 0. The molecule has 2 N–H and O–H groups in total. The van der Waals surface area contributed by atoms with Gasteiger partial charge in [-0.1, -0.05) is 267 Å². The lowest BCUT2D eigenvalue weighted by atomic mass is 9.83. The van der Waals surface area contributed by atoms with E-state index in [-0.39, 0.29) is 12.2 Å². The van der Waals surface area contributed by atoms with Gasteiger partial charge in [-0.3, -0.25) is 28.8 Å². The number of allylic oxidation sites excluding steroid dienone is 16. The molecule has 612 valence electrons. The highest BCUT2D eigenvalue weighted by Gasteiger charge is 2.25. The van der Waals surface area contributed by atoms with Crippen LogP contribution >= 0.6 is 0 Å². The minimum atomic E-state index is -0.178. The van der Waals surface area contributed by atoms with Crippen LogP contribution in [0.1, 0.15) is 414 Å². The average molecular weight is 1490 g/mol. The number of carbonyl (C=O) groups is 6. The Bertz CT molecular complexity index is 2770. The monoisotopic (exact) mass is 1490 g/mol. The van der Waals surface area contributed by atoms with Crippen LogP contribution in [0.3, 0.4) is 0 Å². The van der Waals surface area contributed by atoms with Gasteiger partial charge in [-0.15, -0.1) is 0 Å². The van der Waals surface area contributed by atoms with Crippen molar-refractivity contribution >= 4 is 34.7 Å². The zero-order chi connectivity index (χ0) is 79.9. The molecule has 0 fully saturated rings. The molecule has 0 radical (unpaired) electrons. The van der Waals surface area contributed by atoms with Crippen molar-refractivity contribution in [2.75, 3.05) is 0 Å². The Morgan fingerprint density at radius 3 is 0.850 bits per heavy atom. The Kier molecular flexibility index (Phi) is 58.5. The van der Waals surface area contributed by atoms with Gasteiger partial charge < -0.3 is 10.2 Å². The molecule has 0 aromatic heterocycles. The third kappa shape index (κ3) is 55.6. The van der Waals surface area contributed by atoms with E-state index in [2.05, 4.69) is 137 Å². The molecule has 0 bridgehead atoms. The summed E-state index contributed by atoms with van der Waals surface area (Å²) in [4.78, 5) is 67.5. The molecule has 8 rings (SSSR count). The maximum Gasteiger partial charge on any atom is 0.155 e. The summed E-state index contributed by atoms with van der Waals surface area (Å²) in [6.45, 7) is 38.9. The van der Waals surface area contributed by atoms with Gasteiger partial charge in [0.2, 0.25) is 0 Å². The van der Waals surface area contributed by atoms with Gasteiger partial charge >= 0.3 is 0 Å². The highest BCUT2D eigenvalue weighted by Crippen LogP contribution is 2.34. The van der Waals surface area contributed by atoms with Crippen molar-refractivity contribution in [1.82, 2.24) is 0 Å². The lowest BCUT2D eigenvalue weighted by molar-refractivity contribution is -0.116. The maximum absolute atomic E-state index is 11.3. The zero-order valence-electron chi connectivity index (χ0n) is 72.9. The van der Waals surface area contributed by atoms with Crippen LogP contribution in [-0.2, 0) is 28.8 Å². The van der Waals surface area contributed by atoms with E-state index < -0.39 is 0 Å². The fourth-order valence-electron chi connectivity index (χ4n) is 17.6. The van der Waals surface area contributed by atoms with Gasteiger partial charge in [-0.05, 0) is 273 Å². The Morgan fingerprint density at radius 1 is 0.290 bits per heavy atom. The molecule has 0 heterocycles. The molecule has 8 heteroatoms. The van der Waals surface area contributed by atoms with E-state index in [1.165, 1.54) is 224 Å². The molecule has 8 nitrogen and oxygen atoms in total. The zero-order valence-corrected chi connectivity index (χ0v) is 72.9. The first-order chi connectivity index (χ1) is 51.0. The predicted molar refractivity (Wildman–Crippen MR) is 461 cm³/mol. The van der Waals surface area contributed by atoms with Crippen LogP contribution in [0, 0.1) is 59.2 Å². The number of carbonyl (C=O) groups excluding carboxylic acids is 6. The molecular weight excluding hydrogens is 1320 g/mol. The number of aliphatic hydroxyl groups is 2. The first-order valence-corrected chi connectivity index (χ1v) is 44.5. The molecule has 8 aliphatic rings. The van der Waals surface area contributed by atoms with Crippen LogP contribution in [0.4, 0.5) is 0 Å². The molecule has 0 saturated carbocycles. The standard InChI is InChI=1S/C14H26O.C14H24O.C13H22O.C13H20O.C12H20O.C11H20O.2C11H18O/c2*1-3-4-5-6-7-8-13-9-12(2)10-14(15)11-13;2*1-3-4-5-6-7-12-8-11(2)9-13(14)10-12;1-3-4-5-6-11-7-10(2)8-12(13)9-11;2*1-8(2)4-10-5-9(3)6-11(12)7-10;1-3-4-5-10-6-9(2)7-11(12)8-10/h10,13-15H,3-9,11H2,1-2H3;10,13H,3-9,11H2,1-2H3;9,12H,3-8,10H2,1-2H3;4-5,9,12H,3,6-8,10H2,1-2H3;8,11H,3-7,9H2,1-2H3;6,8,10-12H,4-5,7H2,1-3H3;6,8,10H,4-5,7H2,1-3H3;7,10H,3-6,8H2,1-2H3/b;;;5-4-;;;;. The molecule has 0 aromatic rings. The van der Waals surface area contributed by atoms with Gasteiger partial charge in [0.1, 0.15) is 0 Å². The molecule has 0 aliphatic heterocycles. The maximum atomic E-state index is 11.3. The molecule has 0 spiro atoms. The van der Waals surface area contributed by atoms with Crippen LogP contribution in [0.2, 0.25) is 0 Å². The third-order valence-electron chi connectivity index (χ3n) is 22.2. The predicted octanol–water partition coefficient (Wildman–Crippen LogP) is 28.2. The van der Waals surface area contributed by atoms with Crippen LogP contribution < -0.4 is 0 Å². The van der Waals surface area contributed by atoms with Gasteiger partial charge in [-0.25, -0.2) is 0 Å². The summed E-state index contributed by atoms with van der Waals surface area (Å²) in [7, 11) is 0. The molecular formula is C99H168O8. The second kappa shape index (κ2) is 62.2. The van der Waals surface area contributed by atoms with E-state index in [1.54, 1.807) is 12.2 Å². The summed E-state index contributed by atoms with van der Waals surface area (Å²) in [5.41, 5.74) is 10.4. The summed E-state index contributed by atoms with van der Waals surface area (Å²) >= 11 is 0. The summed E-state index contributed by atoms with van der Waals surface area (Å²) in [5.74, 6) is 8.70. The Labute approximate surface area is 660 Å². The number of ketones is 6. The summed E-state index contributed by atoms with van der Waals surface area (Å²) in [5, 5.41) is 19.1. The van der Waals surface area contributed by atoms with Crippen molar-refractivity contribution in [1.29, 1.82) is 0 Å². The lowest BCUT2D eigenvalue weighted by Gasteiger charge is -2.25. The Balaban J connectivity index is 0.000000612. The van der Waals surface area contributed by atoms with Crippen molar-refractivity contribution in [3.05, 3.63) is 105 Å². The highest BCUT2D eigenvalue weighted by molar-refractivity contribution is 5.93. The highest BCUT2D eigenvalue weighted by atomic mass is 16.3. The molecule has 0 aromatic carbocycles. The number of unbranched alkanes of at least 4 members (excludes halogenated alkanes) is 14. The third-order valence-corrected chi connectivity index (χ3v) is 22.2. The van der Waals surface area contributed by atoms with E-state index >= 15 is 0 Å². The molecule has 0 saturated heterocycles. The van der Waals surface area contributed by atoms with Gasteiger partial charge in [-0.2, -0.15) is 0 Å². The van der Waals surface area contributed by atoms with Crippen LogP contribution in [0.25, 0.3) is 0 Å². The SMILES string of the molecule is CC/C=C\CCC1CC(=O)C=C(C)C1.CC1=CC(=O)CC(CC(C)C)C1.CC1=CC(O)CC(CC(C)C)C1.CCCCC1CC(=O)C=C(C)C1.CCCCCC1CC(=O)C=C(C)C1.CCCCCCC1CC(=O)C=C(C)C1.CCCCCCCC1CC(=O)C=C(C)C1.CCCCCCCC1CC(C)=CC(O)C1. The fraction of sp³-hybridized carbons (Fsp3) is 0.758. The van der Waals surface area contributed by atoms with Gasteiger partial charge in [0.05, 0.1) is 12.2 Å². The second-order valence-corrected chi connectivity index (χ2v) is 35.8. The Morgan fingerprint density at radius 2 is 0.533 bits per heavy atom. The van der Waals surface area contributed by atoms with Crippen molar-refractivity contribution < 1.29 is 39.0 Å². The first kappa shape index (κ1) is 101. The van der Waals surface area contributed by atoms with Crippen molar-refractivity contribution in [2.45, 2.75) is 426 Å². The van der Waals surface area contributed by atoms with Gasteiger partial charge in [0.25, 0.3) is 0 Å². The number of hydrogen-bond donors (Lipinski definition) is 2. The normalized spacial score (nSPS) is 24.3. The average Bonchev–Trinajstić information content (AvgIpc) is 0.928. The first-order valence-electron chi connectivity index (χ1n) is 44.5. The summed E-state index contributed by atoms with van der Waals surface area (Å²) in [6.07, 6.45) is 72.2. The van der Waals surface area contributed by atoms with E-state index in [1.807, 2.05) is 36.5 Å². The minimum absolute atomic E-state index is 0.167. The minimum Gasteiger partial charge on any atom is -0.389 e. The molecule has 10 atom stereocenters. The van der Waals surface area contributed by atoms with Crippen molar-refractivity contribution in [3.63, 3.8) is 0 Å². The van der Waals surface area contributed by atoms with Crippen molar-refractivity contribution in [2.24, 2.45) is 59.2 Å². The largest absolute Gasteiger partial charge is 0.389 e. The van der Waals surface area contributed by atoms with Crippen molar-refractivity contribution in [3.8, 4) is 0 Å². The van der Waals surface area contributed by atoms with E-state index in [0.29, 0.717) is 82.0 Å². The van der Waals surface area contributed by atoms with E-state index in [4.69, 9.17) is 0 Å². The molecule has 107 heavy (non-hydrogen) atoms. The van der Waals surface area contributed by atoms with E-state index in [9.17, 15) is 39.0 Å². The van der Waals surface area contributed by atoms with Crippen LogP contribution in [0.5, 0.6) is 0 Å². The molecule has 8 aliphatic carbocycles. The van der Waals surface area contributed by atoms with Crippen LogP contribution in [0.15, 0.2) is 105 Å².